The second kappa shape index (κ2) is 5.57. The molecule has 0 atom stereocenters. The molecule has 0 aliphatic carbocycles. The molecule has 0 saturated carbocycles. The maximum Gasteiger partial charge on any atom is 0.167 e. The average Bonchev–Trinajstić information content (AvgIpc) is 2.30. The molecule has 1 aromatic carbocycles. The third kappa shape index (κ3) is 2.52. The normalized spacial score (nSPS) is 10.1. The fourth-order valence-electron chi connectivity index (χ4n) is 1.84. The monoisotopic (exact) mass is 238 g/mol. The maximum absolute atomic E-state index is 11.5. The molecule has 0 heterocycles. The summed E-state index contributed by atoms with van der Waals surface area (Å²) >= 11 is 0. The van der Waals surface area contributed by atoms with Crippen LogP contribution < -0.4 is 9.47 Å². The molecule has 0 spiro atoms. The first-order valence-electron chi connectivity index (χ1n) is 5.54. The maximum atomic E-state index is 11.5. The van der Waals surface area contributed by atoms with Gasteiger partial charge in [0, 0.05) is 11.6 Å². The van der Waals surface area contributed by atoms with Gasteiger partial charge in [-0.1, -0.05) is 13.3 Å². The van der Waals surface area contributed by atoms with E-state index in [1.165, 1.54) is 21.1 Å². The lowest BCUT2D eigenvalue weighted by Crippen LogP contribution is -2.03. The van der Waals surface area contributed by atoms with Gasteiger partial charge in [0.25, 0.3) is 0 Å². The summed E-state index contributed by atoms with van der Waals surface area (Å²) in [5, 5.41) is 10.1. The first-order chi connectivity index (χ1) is 8.06. The van der Waals surface area contributed by atoms with Gasteiger partial charge in [0.05, 0.1) is 14.2 Å². The molecular weight excluding hydrogens is 220 g/mol. The molecule has 1 N–H and O–H groups in total. The van der Waals surface area contributed by atoms with Gasteiger partial charge in [-0.05, 0) is 13.3 Å². The lowest BCUT2D eigenvalue weighted by atomic mass is 10.00. The van der Waals surface area contributed by atoms with Gasteiger partial charge >= 0.3 is 0 Å². The molecule has 0 amide bonds. The predicted molar refractivity (Wildman–Crippen MR) is 65.2 cm³/mol. The van der Waals surface area contributed by atoms with Crippen LogP contribution in [0.5, 0.6) is 17.2 Å². The van der Waals surface area contributed by atoms with Gasteiger partial charge in [0.2, 0.25) is 0 Å². The lowest BCUT2D eigenvalue weighted by Gasteiger charge is -2.15. The molecule has 0 radical (unpaired) electrons. The summed E-state index contributed by atoms with van der Waals surface area (Å²) in [6.07, 6.45) is 1.51. The largest absolute Gasteiger partial charge is 0.507 e. The van der Waals surface area contributed by atoms with Crippen molar-refractivity contribution in [1.82, 2.24) is 0 Å². The highest BCUT2D eigenvalue weighted by molar-refractivity contribution is 6.00. The molecule has 17 heavy (non-hydrogen) atoms. The van der Waals surface area contributed by atoms with Gasteiger partial charge in [0.1, 0.15) is 22.8 Å². The number of hydrogen-bond acceptors (Lipinski definition) is 4. The summed E-state index contributed by atoms with van der Waals surface area (Å²) in [6.45, 7) is 3.40. The van der Waals surface area contributed by atoms with Crippen molar-refractivity contribution in [3.63, 3.8) is 0 Å². The first-order valence-corrected chi connectivity index (χ1v) is 5.54. The molecule has 0 aliphatic heterocycles. The fraction of sp³-hybridized carbons (Fsp3) is 0.462. The van der Waals surface area contributed by atoms with Crippen molar-refractivity contribution in [2.75, 3.05) is 14.2 Å². The Morgan fingerprint density at radius 2 is 1.88 bits per heavy atom. The third-order valence-corrected chi connectivity index (χ3v) is 2.62. The topological polar surface area (TPSA) is 55.8 Å². The predicted octanol–water partition coefficient (Wildman–Crippen LogP) is 2.56. The van der Waals surface area contributed by atoms with E-state index in [0.29, 0.717) is 23.5 Å². The Morgan fingerprint density at radius 3 is 2.29 bits per heavy atom. The average molecular weight is 238 g/mol. The van der Waals surface area contributed by atoms with Crippen LogP contribution in [0.4, 0.5) is 0 Å². The summed E-state index contributed by atoms with van der Waals surface area (Å²) < 4.78 is 10.3. The van der Waals surface area contributed by atoms with E-state index >= 15 is 0 Å². The highest BCUT2D eigenvalue weighted by Gasteiger charge is 2.21. The number of aromatic hydroxyl groups is 1. The highest BCUT2D eigenvalue weighted by Crippen LogP contribution is 2.39. The van der Waals surface area contributed by atoms with E-state index < -0.39 is 0 Å². The summed E-state index contributed by atoms with van der Waals surface area (Å²) in [4.78, 5) is 11.5. The quantitative estimate of drug-likeness (QED) is 0.801. The fourth-order valence-corrected chi connectivity index (χ4v) is 1.84. The van der Waals surface area contributed by atoms with Crippen LogP contribution in [0.25, 0.3) is 0 Å². The zero-order valence-electron chi connectivity index (χ0n) is 10.7. The van der Waals surface area contributed by atoms with Crippen molar-refractivity contribution < 1.29 is 19.4 Å². The minimum absolute atomic E-state index is 0.0319. The number of carbonyl (C=O) groups excluding carboxylic acids is 1. The third-order valence-electron chi connectivity index (χ3n) is 2.62. The van der Waals surface area contributed by atoms with E-state index in [-0.39, 0.29) is 17.1 Å². The number of phenolic OH excluding ortho intramolecular Hbond substituents is 1. The SMILES string of the molecule is CCCc1c(OC)cc(OC)c(C(C)=O)c1O. The van der Waals surface area contributed by atoms with Gasteiger partial charge < -0.3 is 14.6 Å². The molecule has 0 unspecified atom stereocenters. The minimum atomic E-state index is -0.223. The van der Waals surface area contributed by atoms with E-state index in [2.05, 4.69) is 0 Å². The lowest BCUT2D eigenvalue weighted by molar-refractivity contribution is 0.101. The minimum Gasteiger partial charge on any atom is -0.507 e. The zero-order chi connectivity index (χ0) is 13.0. The van der Waals surface area contributed by atoms with E-state index in [1.54, 1.807) is 6.07 Å². The smallest absolute Gasteiger partial charge is 0.167 e. The van der Waals surface area contributed by atoms with Gasteiger partial charge in [-0.15, -0.1) is 0 Å². The van der Waals surface area contributed by atoms with Crippen LogP contribution in [-0.4, -0.2) is 25.1 Å². The Labute approximate surface area is 101 Å². The van der Waals surface area contributed by atoms with Gasteiger partial charge in [-0.2, -0.15) is 0 Å². The number of ketones is 1. The Hall–Kier alpha value is -1.71. The van der Waals surface area contributed by atoms with Crippen molar-refractivity contribution in [3.05, 3.63) is 17.2 Å². The van der Waals surface area contributed by atoms with Crippen molar-refractivity contribution in [2.45, 2.75) is 26.7 Å². The Balaban J connectivity index is 3.49. The molecule has 94 valence electrons. The molecule has 0 aromatic heterocycles. The second-order valence-electron chi connectivity index (χ2n) is 3.79. The molecule has 0 saturated heterocycles. The summed E-state index contributed by atoms with van der Waals surface area (Å²) in [7, 11) is 2.99. The Bertz CT molecular complexity index is 424. The van der Waals surface area contributed by atoms with Crippen LogP contribution in [0, 0.1) is 0 Å². The number of phenols is 1. The van der Waals surface area contributed by atoms with Gasteiger partial charge in [0.15, 0.2) is 5.78 Å². The highest BCUT2D eigenvalue weighted by atomic mass is 16.5. The molecule has 0 fully saturated rings. The standard InChI is InChI=1S/C13H18O4/c1-5-6-9-10(16-3)7-11(17-4)12(8(2)14)13(9)15/h7,15H,5-6H2,1-4H3. The number of Topliss-reactive ketones (excluding diaryl/α,β-unsaturated/α-hetero) is 1. The molecule has 0 aliphatic rings. The number of benzene rings is 1. The molecule has 4 heteroatoms. The van der Waals surface area contributed by atoms with Crippen LogP contribution in [0.15, 0.2) is 6.07 Å². The first kappa shape index (κ1) is 13.4. The van der Waals surface area contributed by atoms with Crippen LogP contribution in [0.1, 0.15) is 36.2 Å². The van der Waals surface area contributed by atoms with Crippen molar-refractivity contribution >= 4 is 5.78 Å². The second-order valence-corrected chi connectivity index (χ2v) is 3.79. The molecule has 1 rings (SSSR count). The molecule has 0 bridgehead atoms. The van der Waals surface area contributed by atoms with Crippen LogP contribution in [0.2, 0.25) is 0 Å². The summed E-state index contributed by atoms with van der Waals surface area (Å²) in [6, 6.07) is 1.64. The van der Waals surface area contributed by atoms with E-state index in [0.717, 1.165) is 6.42 Å². The van der Waals surface area contributed by atoms with E-state index in [4.69, 9.17) is 9.47 Å². The Morgan fingerprint density at radius 1 is 1.29 bits per heavy atom. The van der Waals surface area contributed by atoms with Crippen LogP contribution in [-0.2, 0) is 6.42 Å². The molecule has 1 aromatic rings. The number of ether oxygens (including phenoxy) is 2. The molecule has 4 nitrogen and oxygen atoms in total. The van der Waals surface area contributed by atoms with Crippen LogP contribution >= 0.6 is 0 Å². The summed E-state index contributed by atoms with van der Waals surface area (Å²) in [5.74, 6) is 0.632. The van der Waals surface area contributed by atoms with Crippen molar-refractivity contribution in [2.24, 2.45) is 0 Å². The summed E-state index contributed by atoms with van der Waals surface area (Å²) in [5.41, 5.74) is 0.873. The van der Waals surface area contributed by atoms with Gasteiger partial charge in [-0.3, -0.25) is 4.79 Å². The van der Waals surface area contributed by atoms with Crippen molar-refractivity contribution in [3.8, 4) is 17.2 Å². The number of carbonyl (C=O) groups is 1. The Kier molecular flexibility index (Phi) is 4.37. The van der Waals surface area contributed by atoms with Crippen molar-refractivity contribution in [1.29, 1.82) is 0 Å². The van der Waals surface area contributed by atoms with E-state index in [9.17, 15) is 9.90 Å². The zero-order valence-corrected chi connectivity index (χ0v) is 10.7. The van der Waals surface area contributed by atoms with Gasteiger partial charge in [-0.25, -0.2) is 0 Å². The van der Waals surface area contributed by atoms with E-state index in [1.807, 2.05) is 6.92 Å². The molecular formula is C13H18O4. The number of rotatable bonds is 5. The van der Waals surface area contributed by atoms with Crippen LogP contribution in [0.3, 0.4) is 0 Å². The number of hydrogen-bond donors (Lipinski definition) is 1. The number of methoxy groups -OCH3 is 2.